The maximum absolute atomic E-state index is 6.39. The molecule has 0 radical (unpaired) electrons. The van der Waals surface area contributed by atoms with E-state index in [2.05, 4.69) is 20.2 Å². The minimum atomic E-state index is 0.511. The predicted molar refractivity (Wildman–Crippen MR) is 92.2 cm³/mol. The molecule has 0 aromatic carbocycles. The van der Waals surface area contributed by atoms with Crippen molar-refractivity contribution in [2.75, 3.05) is 29.0 Å². The SMILES string of the molecule is Nc1c(NC2CCCCCC2)ncnc1N1CCCCCC1. The fourth-order valence-corrected chi connectivity index (χ4v) is 3.65. The third kappa shape index (κ3) is 3.81. The second kappa shape index (κ2) is 7.65. The van der Waals surface area contributed by atoms with Gasteiger partial charge in [-0.3, -0.25) is 0 Å². The van der Waals surface area contributed by atoms with Gasteiger partial charge in [0.2, 0.25) is 0 Å². The van der Waals surface area contributed by atoms with Crippen LogP contribution in [-0.2, 0) is 0 Å². The van der Waals surface area contributed by atoms with Gasteiger partial charge in [-0.15, -0.1) is 0 Å². The van der Waals surface area contributed by atoms with E-state index in [1.54, 1.807) is 6.33 Å². The molecule has 0 spiro atoms. The van der Waals surface area contributed by atoms with Crippen LogP contribution < -0.4 is 16.0 Å². The Labute approximate surface area is 133 Å². The molecule has 2 heterocycles. The molecule has 1 aromatic rings. The third-order valence-corrected chi connectivity index (χ3v) is 4.96. The Morgan fingerprint density at radius 2 is 1.55 bits per heavy atom. The Balaban J connectivity index is 1.73. The molecule has 5 heteroatoms. The number of hydrogen-bond acceptors (Lipinski definition) is 5. The largest absolute Gasteiger partial charge is 0.393 e. The molecule has 22 heavy (non-hydrogen) atoms. The van der Waals surface area contributed by atoms with Crippen LogP contribution in [0.3, 0.4) is 0 Å². The molecule has 1 saturated carbocycles. The highest BCUT2D eigenvalue weighted by molar-refractivity contribution is 5.75. The van der Waals surface area contributed by atoms with Crippen molar-refractivity contribution in [2.45, 2.75) is 70.3 Å². The Hall–Kier alpha value is -1.52. The molecular weight excluding hydrogens is 274 g/mol. The van der Waals surface area contributed by atoms with Crippen LogP contribution in [0.4, 0.5) is 17.3 Å². The van der Waals surface area contributed by atoms with Crippen LogP contribution >= 0.6 is 0 Å². The van der Waals surface area contributed by atoms with Crippen molar-refractivity contribution >= 4 is 17.3 Å². The highest BCUT2D eigenvalue weighted by atomic mass is 15.2. The van der Waals surface area contributed by atoms with Gasteiger partial charge in [0.1, 0.15) is 12.0 Å². The van der Waals surface area contributed by atoms with Crippen molar-refractivity contribution in [3.8, 4) is 0 Å². The Morgan fingerprint density at radius 1 is 0.909 bits per heavy atom. The van der Waals surface area contributed by atoms with Crippen molar-refractivity contribution in [2.24, 2.45) is 0 Å². The summed E-state index contributed by atoms with van der Waals surface area (Å²) in [5, 5.41) is 3.58. The van der Waals surface area contributed by atoms with Crippen LogP contribution in [0.25, 0.3) is 0 Å². The zero-order valence-corrected chi connectivity index (χ0v) is 13.6. The Morgan fingerprint density at radius 3 is 2.23 bits per heavy atom. The van der Waals surface area contributed by atoms with Gasteiger partial charge in [0.25, 0.3) is 0 Å². The molecule has 0 atom stereocenters. The van der Waals surface area contributed by atoms with Crippen LogP contribution in [-0.4, -0.2) is 29.1 Å². The molecule has 0 amide bonds. The lowest BCUT2D eigenvalue weighted by Crippen LogP contribution is -2.27. The van der Waals surface area contributed by atoms with E-state index in [1.807, 2.05) is 0 Å². The number of nitrogen functional groups attached to an aromatic ring is 1. The number of nitrogens with two attached hydrogens (primary N) is 1. The molecule has 1 saturated heterocycles. The summed E-state index contributed by atoms with van der Waals surface area (Å²) >= 11 is 0. The van der Waals surface area contributed by atoms with E-state index >= 15 is 0 Å². The van der Waals surface area contributed by atoms with E-state index in [-0.39, 0.29) is 0 Å². The van der Waals surface area contributed by atoms with Crippen molar-refractivity contribution in [3.05, 3.63) is 6.33 Å². The summed E-state index contributed by atoms with van der Waals surface area (Å²) < 4.78 is 0. The van der Waals surface area contributed by atoms with E-state index in [9.17, 15) is 0 Å². The van der Waals surface area contributed by atoms with Gasteiger partial charge in [-0.1, -0.05) is 38.5 Å². The second-order valence-electron chi connectivity index (χ2n) is 6.69. The summed E-state index contributed by atoms with van der Waals surface area (Å²) in [7, 11) is 0. The van der Waals surface area contributed by atoms with Gasteiger partial charge in [0.05, 0.1) is 0 Å². The van der Waals surface area contributed by atoms with E-state index in [0.29, 0.717) is 6.04 Å². The van der Waals surface area contributed by atoms with Crippen LogP contribution in [0.15, 0.2) is 6.33 Å². The molecule has 1 aromatic heterocycles. The molecule has 0 bridgehead atoms. The maximum atomic E-state index is 6.39. The lowest BCUT2D eigenvalue weighted by atomic mass is 10.1. The van der Waals surface area contributed by atoms with Gasteiger partial charge >= 0.3 is 0 Å². The van der Waals surface area contributed by atoms with Gasteiger partial charge < -0.3 is 16.0 Å². The van der Waals surface area contributed by atoms with Crippen LogP contribution in [0, 0.1) is 0 Å². The molecule has 0 unspecified atom stereocenters. The molecule has 5 nitrogen and oxygen atoms in total. The summed E-state index contributed by atoms with van der Waals surface area (Å²) in [5.41, 5.74) is 7.12. The molecule has 122 valence electrons. The van der Waals surface area contributed by atoms with Gasteiger partial charge in [0.15, 0.2) is 11.6 Å². The molecular formula is C17H29N5. The van der Waals surface area contributed by atoms with E-state index in [1.165, 1.54) is 64.2 Å². The van der Waals surface area contributed by atoms with Gasteiger partial charge in [0, 0.05) is 19.1 Å². The molecule has 2 aliphatic rings. The lowest BCUT2D eigenvalue weighted by Gasteiger charge is -2.25. The monoisotopic (exact) mass is 303 g/mol. The molecule has 3 rings (SSSR count). The van der Waals surface area contributed by atoms with Crippen molar-refractivity contribution in [1.29, 1.82) is 0 Å². The topological polar surface area (TPSA) is 67.1 Å². The number of hydrogen-bond donors (Lipinski definition) is 2. The summed E-state index contributed by atoms with van der Waals surface area (Å²) in [6.45, 7) is 2.12. The average Bonchev–Trinajstić information content (AvgIpc) is 2.94. The molecule has 3 N–H and O–H groups in total. The second-order valence-corrected chi connectivity index (χ2v) is 6.69. The van der Waals surface area contributed by atoms with Crippen molar-refractivity contribution in [1.82, 2.24) is 9.97 Å². The highest BCUT2D eigenvalue weighted by Gasteiger charge is 2.19. The van der Waals surface area contributed by atoms with Gasteiger partial charge in [-0.05, 0) is 25.7 Å². The minimum Gasteiger partial charge on any atom is -0.393 e. The number of nitrogens with zero attached hydrogens (tertiary/aromatic N) is 3. The maximum Gasteiger partial charge on any atom is 0.157 e. The molecule has 1 aliphatic carbocycles. The molecule has 2 fully saturated rings. The fraction of sp³-hybridized carbons (Fsp3) is 0.765. The Kier molecular flexibility index (Phi) is 5.35. The first-order chi connectivity index (χ1) is 10.8. The zero-order chi connectivity index (χ0) is 15.2. The quantitative estimate of drug-likeness (QED) is 0.836. The van der Waals surface area contributed by atoms with Crippen LogP contribution in [0.5, 0.6) is 0 Å². The summed E-state index contributed by atoms with van der Waals surface area (Å²) in [6.07, 6.45) is 14.5. The lowest BCUT2D eigenvalue weighted by molar-refractivity contribution is 0.617. The fourth-order valence-electron chi connectivity index (χ4n) is 3.65. The molecule has 1 aliphatic heterocycles. The summed E-state index contributed by atoms with van der Waals surface area (Å²) in [5.74, 6) is 1.76. The van der Waals surface area contributed by atoms with E-state index in [4.69, 9.17) is 5.73 Å². The number of nitrogens with one attached hydrogen (secondary N) is 1. The predicted octanol–water partition coefficient (Wildman–Crippen LogP) is 3.57. The number of rotatable bonds is 3. The van der Waals surface area contributed by atoms with Crippen molar-refractivity contribution in [3.63, 3.8) is 0 Å². The van der Waals surface area contributed by atoms with Crippen LogP contribution in [0.2, 0.25) is 0 Å². The highest BCUT2D eigenvalue weighted by Crippen LogP contribution is 2.30. The number of aromatic nitrogens is 2. The smallest absolute Gasteiger partial charge is 0.157 e. The van der Waals surface area contributed by atoms with E-state index in [0.717, 1.165) is 30.4 Å². The Bertz CT molecular complexity index is 460. The number of anilines is 3. The first-order valence-corrected chi connectivity index (χ1v) is 8.96. The van der Waals surface area contributed by atoms with Crippen LogP contribution in [0.1, 0.15) is 64.2 Å². The standard InChI is InChI=1S/C17H29N5/c18-15-16(21-14-9-5-1-2-6-10-14)19-13-20-17(15)22-11-7-3-4-8-12-22/h13-14H,1-12,18H2,(H,19,20,21). The van der Waals surface area contributed by atoms with Gasteiger partial charge in [-0.25, -0.2) is 9.97 Å². The van der Waals surface area contributed by atoms with Gasteiger partial charge in [-0.2, -0.15) is 0 Å². The first-order valence-electron chi connectivity index (χ1n) is 8.96. The van der Waals surface area contributed by atoms with Crippen molar-refractivity contribution < 1.29 is 0 Å². The first kappa shape index (κ1) is 15.4. The third-order valence-electron chi connectivity index (χ3n) is 4.96. The zero-order valence-electron chi connectivity index (χ0n) is 13.6. The summed E-state index contributed by atoms with van der Waals surface area (Å²) in [6, 6.07) is 0.511. The minimum absolute atomic E-state index is 0.511. The van der Waals surface area contributed by atoms with E-state index < -0.39 is 0 Å². The summed E-state index contributed by atoms with van der Waals surface area (Å²) in [4.78, 5) is 11.2. The normalized spacial score (nSPS) is 21.2. The average molecular weight is 303 g/mol.